The Balaban J connectivity index is 0.709. The van der Waals surface area contributed by atoms with Crippen LogP contribution >= 0.6 is 0 Å². The Labute approximate surface area is 345 Å². The molecule has 18 heteroatoms. The van der Waals surface area contributed by atoms with E-state index < -0.39 is 11.8 Å². The molecule has 5 aliphatic heterocycles. The molecular formula is C42H46FN13O4. The third-order valence-corrected chi connectivity index (χ3v) is 12.4. The molecule has 3 N–H and O–H groups in total. The number of rotatable bonds is 8. The molecule has 0 aliphatic carbocycles. The number of piperazine rings is 1. The van der Waals surface area contributed by atoms with Crippen LogP contribution in [0.4, 0.5) is 43.7 Å². The molecule has 60 heavy (non-hydrogen) atoms. The minimum Gasteiger partial charge on any atom is -0.474 e. The van der Waals surface area contributed by atoms with Gasteiger partial charge in [-0.25, -0.2) is 24.1 Å². The van der Waals surface area contributed by atoms with Crippen LogP contribution in [0.3, 0.4) is 0 Å². The summed E-state index contributed by atoms with van der Waals surface area (Å²) in [6.45, 7) is 9.56. The molecule has 3 fully saturated rings. The van der Waals surface area contributed by atoms with Crippen molar-refractivity contribution in [3.05, 3.63) is 77.0 Å². The van der Waals surface area contributed by atoms with Crippen LogP contribution in [-0.4, -0.2) is 124 Å². The zero-order valence-corrected chi connectivity index (χ0v) is 33.6. The van der Waals surface area contributed by atoms with E-state index in [1.807, 2.05) is 30.4 Å². The molecule has 0 bridgehead atoms. The molecule has 2 aromatic carbocycles. The fourth-order valence-corrected chi connectivity index (χ4v) is 8.89. The number of fused-ring (bicyclic) bond motifs is 3. The van der Waals surface area contributed by atoms with Crippen LogP contribution in [0, 0.1) is 12.7 Å². The summed E-state index contributed by atoms with van der Waals surface area (Å²) >= 11 is 0. The quantitative estimate of drug-likeness (QED) is 0.209. The highest BCUT2D eigenvalue weighted by atomic mass is 19.1. The highest BCUT2D eigenvalue weighted by Crippen LogP contribution is 2.37. The van der Waals surface area contributed by atoms with Crippen LogP contribution in [0.15, 0.2) is 48.8 Å². The third-order valence-electron chi connectivity index (χ3n) is 12.4. The number of pyridine rings is 1. The molecule has 5 aliphatic rings. The lowest BCUT2D eigenvalue weighted by atomic mass is 10.0. The lowest BCUT2D eigenvalue weighted by Gasteiger charge is -2.49. The van der Waals surface area contributed by atoms with E-state index in [1.165, 1.54) is 11.0 Å². The van der Waals surface area contributed by atoms with Gasteiger partial charge in [0.15, 0.2) is 5.82 Å². The van der Waals surface area contributed by atoms with Crippen LogP contribution in [0.5, 0.6) is 5.88 Å². The summed E-state index contributed by atoms with van der Waals surface area (Å²) in [5.74, 6) is 0.750. The first-order valence-electron chi connectivity index (χ1n) is 20.5. The molecule has 0 radical (unpaired) electrons. The van der Waals surface area contributed by atoms with Crippen molar-refractivity contribution in [3.8, 4) is 5.88 Å². The highest BCUT2D eigenvalue weighted by Gasteiger charge is 2.35. The first-order chi connectivity index (χ1) is 29.1. The number of carbonyl (C=O) groups excluding carboxylic acids is 3. The van der Waals surface area contributed by atoms with Gasteiger partial charge in [0.1, 0.15) is 18.1 Å². The Bertz CT molecular complexity index is 2530. The van der Waals surface area contributed by atoms with Crippen molar-refractivity contribution in [2.75, 3.05) is 90.8 Å². The van der Waals surface area contributed by atoms with E-state index in [2.05, 4.69) is 64.8 Å². The number of aryl methyl sites for hydroxylation is 1. The van der Waals surface area contributed by atoms with E-state index in [9.17, 15) is 14.4 Å². The summed E-state index contributed by atoms with van der Waals surface area (Å²) in [4.78, 5) is 61.7. The van der Waals surface area contributed by atoms with Crippen LogP contribution in [0.1, 0.15) is 28.8 Å². The molecule has 17 nitrogen and oxygen atoms in total. The van der Waals surface area contributed by atoms with E-state index >= 15 is 4.39 Å². The predicted octanol–water partition coefficient (Wildman–Crippen LogP) is 3.34. The van der Waals surface area contributed by atoms with Crippen LogP contribution < -0.4 is 35.4 Å². The van der Waals surface area contributed by atoms with E-state index in [0.29, 0.717) is 67.7 Å². The maximum absolute atomic E-state index is 15.4. The van der Waals surface area contributed by atoms with Gasteiger partial charge in [-0.15, -0.1) is 0 Å². The number of hydrogen-bond acceptors (Lipinski definition) is 13. The number of nitrogens with zero attached hydrogens (tertiary/aromatic N) is 10. The van der Waals surface area contributed by atoms with Crippen LogP contribution in [-0.2, 0) is 36.0 Å². The fourth-order valence-electron chi connectivity index (χ4n) is 8.89. The first kappa shape index (κ1) is 37.7. The van der Waals surface area contributed by atoms with Crippen molar-refractivity contribution in [1.29, 1.82) is 0 Å². The lowest BCUT2D eigenvalue weighted by molar-refractivity contribution is -0.132. The second kappa shape index (κ2) is 15.2. The molecule has 0 atom stereocenters. The predicted molar refractivity (Wildman–Crippen MR) is 224 cm³/mol. The second-order valence-corrected chi connectivity index (χ2v) is 16.0. The smallest absolute Gasteiger partial charge is 0.329 e. The maximum Gasteiger partial charge on any atom is 0.329 e. The molecule has 0 unspecified atom stereocenters. The highest BCUT2D eigenvalue weighted by molar-refractivity contribution is 6.09. The summed E-state index contributed by atoms with van der Waals surface area (Å²) < 4.78 is 22.9. The van der Waals surface area contributed by atoms with Crippen molar-refractivity contribution in [1.82, 2.24) is 39.8 Å². The molecule has 10 rings (SSSR count). The van der Waals surface area contributed by atoms with Crippen LogP contribution in [0.2, 0.25) is 0 Å². The molecule has 3 aromatic heterocycles. The number of nitrogens with one attached hydrogen (secondary N) is 3. The average molecular weight is 816 g/mol. The zero-order chi connectivity index (χ0) is 41.1. The standard InChI is InChI=1S/C42H46FN13O4/c1-25-35(21-45-40-38(25)44-9-16-60-40)54-10-7-27-20-46-41(48-33(27)24-54)47-28-4-3-26(32(43)18-28)17-37(58)53-14-12-52(13-15-53)30-22-55(23-30)29-5-6-31-34(19-29)51(2)50-39(31)56-11-8-36(57)49-42(56)59/h3-6,18-21,30,44H,7-17,22-24H2,1-2H3,(H,46,47,48)(H,49,57,59). The van der Waals surface area contributed by atoms with Crippen molar-refractivity contribution in [2.45, 2.75) is 38.8 Å². The number of benzene rings is 2. The van der Waals surface area contributed by atoms with Gasteiger partial charge < -0.3 is 30.1 Å². The second-order valence-electron chi connectivity index (χ2n) is 16.0. The van der Waals surface area contributed by atoms with Crippen molar-refractivity contribution >= 4 is 63.3 Å². The van der Waals surface area contributed by atoms with Gasteiger partial charge in [0, 0.05) is 107 Å². The Morgan fingerprint density at radius 3 is 2.65 bits per heavy atom. The van der Waals surface area contributed by atoms with Gasteiger partial charge in [-0.3, -0.25) is 29.4 Å². The summed E-state index contributed by atoms with van der Waals surface area (Å²) in [7, 11) is 1.85. The van der Waals surface area contributed by atoms with E-state index in [0.717, 1.165) is 90.5 Å². The topological polar surface area (TPSA) is 169 Å². The van der Waals surface area contributed by atoms with Crippen molar-refractivity contribution in [3.63, 3.8) is 0 Å². The molecule has 0 saturated carbocycles. The molecule has 4 amide bonds. The molecule has 8 heterocycles. The maximum atomic E-state index is 15.4. The monoisotopic (exact) mass is 815 g/mol. The SMILES string of the molecule is Cc1c(N2CCc3cnc(Nc4ccc(CC(=O)N5CCN(C6CN(c7ccc8c(N9CCC(=O)NC9=O)nn(C)c8c7)C6)CC5)c(F)c4)nc3C2)cnc2c1NCCO2. The van der Waals surface area contributed by atoms with Gasteiger partial charge in [-0.05, 0) is 54.8 Å². The number of ether oxygens (including phenoxy) is 1. The third kappa shape index (κ3) is 7.03. The van der Waals surface area contributed by atoms with Gasteiger partial charge >= 0.3 is 6.03 Å². The summed E-state index contributed by atoms with van der Waals surface area (Å²) in [6.07, 6.45) is 4.73. The summed E-state index contributed by atoms with van der Waals surface area (Å²) in [6, 6.07) is 10.9. The van der Waals surface area contributed by atoms with Crippen molar-refractivity contribution < 1.29 is 23.5 Å². The number of aromatic nitrogens is 5. The largest absolute Gasteiger partial charge is 0.474 e. The Kier molecular flexibility index (Phi) is 9.57. The molecule has 3 saturated heterocycles. The molecule has 0 spiro atoms. The van der Waals surface area contributed by atoms with Gasteiger partial charge in [-0.2, -0.15) is 5.10 Å². The normalized spacial score (nSPS) is 18.4. The number of halogens is 1. The number of carbonyl (C=O) groups is 3. The molecular weight excluding hydrogens is 770 g/mol. The number of hydrogen-bond donors (Lipinski definition) is 3. The minimum atomic E-state index is -0.451. The van der Waals surface area contributed by atoms with Gasteiger partial charge in [0.25, 0.3) is 0 Å². The molecule has 310 valence electrons. The van der Waals surface area contributed by atoms with Gasteiger partial charge in [0.2, 0.25) is 23.6 Å². The lowest BCUT2D eigenvalue weighted by Crippen LogP contribution is -2.63. The minimum absolute atomic E-state index is 0.00806. The number of urea groups is 1. The van der Waals surface area contributed by atoms with E-state index in [1.54, 1.807) is 16.8 Å². The Hall–Kier alpha value is -6.56. The van der Waals surface area contributed by atoms with Crippen LogP contribution in [0.25, 0.3) is 10.9 Å². The summed E-state index contributed by atoms with van der Waals surface area (Å²) in [5.41, 5.74) is 7.90. The van der Waals surface area contributed by atoms with E-state index in [-0.39, 0.29) is 24.7 Å². The van der Waals surface area contributed by atoms with Crippen molar-refractivity contribution in [2.24, 2.45) is 7.05 Å². The van der Waals surface area contributed by atoms with Gasteiger partial charge in [-0.1, -0.05) is 6.07 Å². The molecule has 5 aromatic rings. The fraction of sp³-hybridized carbons (Fsp3) is 0.405. The zero-order valence-electron chi connectivity index (χ0n) is 33.6. The number of anilines is 6. The average Bonchev–Trinajstić information content (AvgIpc) is 3.56. The summed E-state index contributed by atoms with van der Waals surface area (Å²) in [5, 5.41) is 14.4. The van der Waals surface area contributed by atoms with Gasteiger partial charge in [0.05, 0.1) is 36.1 Å². The number of amides is 4. The Morgan fingerprint density at radius 2 is 1.83 bits per heavy atom. The number of imide groups is 1. The van der Waals surface area contributed by atoms with E-state index in [4.69, 9.17) is 9.72 Å². The Morgan fingerprint density at radius 1 is 0.983 bits per heavy atom. The first-order valence-corrected chi connectivity index (χ1v) is 20.5.